The minimum Gasteiger partial charge on any atom is -0.368 e. The summed E-state index contributed by atoms with van der Waals surface area (Å²) < 4.78 is 38.3. The number of hydrogen-bond acceptors (Lipinski definition) is 2. The molecule has 2 aromatic carbocycles. The van der Waals surface area contributed by atoms with Gasteiger partial charge in [0.15, 0.2) is 5.11 Å². The third-order valence-corrected chi connectivity index (χ3v) is 4.90. The van der Waals surface area contributed by atoms with Crippen LogP contribution < -0.4 is 15.5 Å². The first-order chi connectivity index (χ1) is 12.8. The van der Waals surface area contributed by atoms with E-state index in [-0.39, 0.29) is 0 Å². The standard InChI is InChI=1S/C20H22F3N3S/c1-14-12-15-6-2-3-9-18(15)26(14)11-5-10-24-19(27)25-17-8-4-7-16(13-17)20(21,22)23/h2-4,6-9,13-14H,5,10-12H2,1H3,(H2,24,25,27)/t14-/m1/s1. The summed E-state index contributed by atoms with van der Waals surface area (Å²) in [6, 6.07) is 13.9. The van der Waals surface area contributed by atoms with Crippen LogP contribution in [0.4, 0.5) is 24.5 Å². The molecule has 0 aliphatic carbocycles. The average Bonchev–Trinajstić information content (AvgIpc) is 2.93. The number of benzene rings is 2. The number of hydrogen-bond donors (Lipinski definition) is 2. The first kappa shape index (κ1) is 19.5. The molecule has 3 nitrogen and oxygen atoms in total. The number of para-hydroxylation sites is 1. The first-order valence-electron chi connectivity index (χ1n) is 8.91. The lowest BCUT2D eigenvalue weighted by Crippen LogP contribution is -2.34. The Hall–Kier alpha value is -2.28. The molecule has 7 heteroatoms. The van der Waals surface area contributed by atoms with E-state index in [4.69, 9.17) is 12.2 Å². The molecule has 0 aromatic heterocycles. The van der Waals surface area contributed by atoms with Crippen LogP contribution >= 0.6 is 12.2 Å². The molecule has 2 N–H and O–H groups in total. The first-order valence-corrected chi connectivity index (χ1v) is 9.32. The fourth-order valence-electron chi connectivity index (χ4n) is 3.37. The molecule has 144 valence electrons. The van der Waals surface area contributed by atoms with Crippen LogP contribution in [0.5, 0.6) is 0 Å². The fraction of sp³-hybridized carbons (Fsp3) is 0.350. The van der Waals surface area contributed by atoms with E-state index in [1.165, 1.54) is 17.3 Å². The molecule has 1 atom stereocenters. The molecular weight excluding hydrogens is 371 g/mol. The van der Waals surface area contributed by atoms with E-state index in [0.29, 0.717) is 23.4 Å². The maximum atomic E-state index is 12.8. The van der Waals surface area contributed by atoms with E-state index in [1.807, 2.05) is 0 Å². The van der Waals surface area contributed by atoms with Gasteiger partial charge in [-0.05, 0) is 61.8 Å². The maximum Gasteiger partial charge on any atom is 0.416 e. The average molecular weight is 393 g/mol. The van der Waals surface area contributed by atoms with E-state index < -0.39 is 11.7 Å². The van der Waals surface area contributed by atoms with Crippen molar-refractivity contribution in [3.63, 3.8) is 0 Å². The van der Waals surface area contributed by atoms with E-state index in [9.17, 15) is 13.2 Å². The van der Waals surface area contributed by atoms with Crippen LogP contribution in [0.3, 0.4) is 0 Å². The number of alkyl halides is 3. The van der Waals surface area contributed by atoms with E-state index >= 15 is 0 Å². The van der Waals surface area contributed by atoms with Gasteiger partial charge in [-0.2, -0.15) is 13.2 Å². The van der Waals surface area contributed by atoms with Crippen LogP contribution in [-0.4, -0.2) is 24.2 Å². The second-order valence-corrected chi connectivity index (χ2v) is 7.10. The van der Waals surface area contributed by atoms with Crippen LogP contribution in [0.1, 0.15) is 24.5 Å². The van der Waals surface area contributed by atoms with Gasteiger partial charge in [-0.1, -0.05) is 24.3 Å². The second-order valence-electron chi connectivity index (χ2n) is 6.69. The Balaban J connectivity index is 1.45. The van der Waals surface area contributed by atoms with E-state index in [2.05, 4.69) is 46.7 Å². The highest BCUT2D eigenvalue weighted by atomic mass is 32.1. The zero-order valence-electron chi connectivity index (χ0n) is 15.0. The number of thiocarbonyl (C=S) groups is 1. The molecule has 0 saturated heterocycles. The largest absolute Gasteiger partial charge is 0.416 e. The lowest BCUT2D eigenvalue weighted by molar-refractivity contribution is -0.137. The van der Waals surface area contributed by atoms with Gasteiger partial charge in [-0.3, -0.25) is 0 Å². The molecule has 3 rings (SSSR count). The normalized spacial score (nSPS) is 16.1. The van der Waals surface area contributed by atoms with Crippen molar-refractivity contribution >= 4 is 28.7 Å². The van der Waals surface area contributed by atoms with Crippen molar-refractivity contribution in [3.8, 4) is 0 Å². The highest BCUT2D eigenvalue weighted by Gasteiger charge is 2.30. The summed E-state index contributed by atoms with van der Waals surface area (Å²) in [7, 11) is 0. The Bertz CT molecular complexity index is 807. The second kappa shape index (κ2) is 8.17. The molecule has 1 aliphatic rings. The minimum atomic E-state index is -4.37. The molecule has 0 unspecified atom stereocenters. The number of fused-ring (bicyclic) bond motifs is 1. The van der Waals surface area contributed by atoms with Crippen molar-refractivity contribution in [2.24, 2.45) is 0 Å². The van der Waals surface area contributed by atoms with Crippen molar-refractivity contribution in [2.75, 3.05) is 23.3 Å². The van der Waals surface area contributed by atoms with Gasteiger partial charge in [0.1, 0.15) is 0 Å². The molecule has 27 heavy (non-hydrogen) atoms. The van der Waals surface area contributed by atoms with Crippen molar-refractivity contribution in [2.45, 2.75) is 32.0 Å². The van der Waals surface area contributed by atoms with E-state index in [1.54, 1.807) is 6.07 Å². The van der Waals surface area contributed by atoms with Crippen LogP contribution in [-0.2, 0) is 12.6 Å². The van der Waals surface area contributed by atoms with Crippen LogP contribution in [0.2, 0.25) is 0 Å². The monoisotopic (exact) mass is 393 g/mol. The Kier molecular flexibility index (Phi) is 5.89. The number of halogens is 3. The third kappa shape index (κ3) is 4.91. The van der Waals surface area contributed by atoms with Crippen LogP contribution in [0.15, 0.2) is 48.5 Å². The van der Waals surface area contributed by atoms with Gasteiger partial charge in [0.05, 0.1) is 5.56 Å². The van der Waals surface area contributed by atoms with Gasteiger partial charge in [-0.25, -0.2) is 0 Å². The minimum absolute atomic E-state index is 0.323. The molecule has 0 spiro atoms. The molecule has 0 amide bonds. The van der Waals surface area contributed by atoms with Gasteiger partial charge in [0.25, 0.3) is 0 Å². The van der Waals surface area contributed by atoms with Gasteiger partial charge in [0, 0.05) is 30.5 Å². The van der Waals surface area contributed by atoms with Crippen LogP contribution in [0.25, 0.3) is 0 Å². The summed E-state index contributed by atoms with van der Waals surface area (Å²) in [5.41, 5.74) is 2.29. The Morgan fingerprint density at radius 3 is 2.74 bits per heavy atom. The van der Waals surface area contributed by atoms with E-state index in [0.717, 1.165) is 31.5 Å². The Morgan fingerprint density at radius 1 is 1.19 bits per heavy atom. The zero-order valence-corrected chi connectivity index (χ0v) is 15.8. The highest BCUT2D eigenvalue weighted by molar-refractivity contribution is 7.80. The summed E-state index contributed by atoms with van der Waals surface area (Å²) in [5.74, 6) is 0. The lowest BCUT2D eigenvalue weighted by Gasteiger charge is -2.25. The topological polar surface area (TPSA) is 27.3 Å². The molecule has 0 saturated carbocycles. The number of nitrogens with zero attached hydrogens (tertiary/aromatic N) is 1. The Morgan fingerprint density at radius 2 is 1.96 bits per heavy atom. The summed E-state index contributed by atoms with van der Waals surface area (Å²) in [6.45, 7) is 3.76. The number of rotatable bonds is 5. The van der Waals surface area contributed by atoms with Gasteiger partial charge >= 0.3 is 6.18 Å². The summed E-state index contributed by atoms with van der Waals surface area (Å²) in [4.78, 5) is 2.39. The maximum absolute atomic E-state index is 12.8. The van der Waals surface area contributed by atoms with Crippen molar-refractivity contribution in [1.82, 2.24) is 5.32 Å². The molecule has 0 bridgehead atoms. The fourth-order valence-corrected chi connectivity index (χ4v) is 3.59. The summed E-state index contributed by atoms with van der Waals surface area (Å²) >= 11 is 5.19. The van der Waals surface area contributed by atoms with Crippen molar-refractivity contribution in [3.05, 3.63) is 59.7 Å². The van der Waals surface area contributed by atoms with Crippen molar-refractivity contribution < 1.29 is 13.2 Å². The van der Waals surface area contributed by atoms with Gasteiger partial charge < -0.3 is 15.5 Å². The molecular formula is C20H22F3N3S. The molecule has 1 aliphatic heterocycles. The van der Waals surface area contributed by atoms with Crippen LogP contribution in [0, 0.1) is 0 Å². The smallest absolute Gasteiger partial charge is 0.368 e. The third-order valence-electron chi connectivity index (χ3n) is 4.66. The highest BCUT2D eigenvalue weighted by Crippen LogP contribution is 2.32. The zero-order chi connectivity index (χ0) is 19.4. The predicted molar refractivity (Wildman–Crippen MR) is 107 cm³/mol. The molecule has 0 fully saturated rings. The summed E-state index contributed by atoms with van der Waals surface area (Å²) in [5, 5.41) is 6.20. The molecule has 0 radical (unpaired) electrons. The Labute approximate surface area is 162 Å². The number of nitrogens with one attached hydrogen (secondary N) is 2. The predicted octanol–water partition coefficient (Wildman–Crippen LogP) is 4.83. The van der Waals surface area contributed by atoms with Crippen molar-refractivity contribution in [1.29, 1.82) is 0 Å². The lowest BCUT2D eigenvalue weighted by atomic mass is 10.1. The van der Waals surface area contributed by atoms with Gasteiger partial charge in [0.2, 0.25) is 0 Å². The molecule has 1 heterocycles. The molecule has 2 aromatic rings. The summed E-state index contributed by atoms with van der Waals surface area (Å²) in [6.07, 6.45) is -2.43. The van der Waals surface area contributed by atoms with Gasteiger partial charge in [-0.15, -0.1) is 0 Å². The SMILES string of the molecule is C[C@@H]1Cc2ccccc2N1CCCNC(=S)Nc1cccc(C(F)(F)F)c1. The number of anilines is 2. The quantitative estimate of drug-likeness (QED) is 0.562.